The molecule has 2 saturated heterocycles. The summed E-state index contributed by atoms with van der Waals surface area (Å²) in [6.45, 7) is 3.87. The van der Waals surface area contributed by atoms with Gasteiger partial charge in [0.1, 0.15) is 11.4 Å². The van der Waals surface area contributed by atoms with Crippen LogP contribution in [0.4, 0.5) is 10.6 Å². The number of ether oxygens (including phenoxy) is 1. The van der Waals surface area contributed by atoms with Crippen LogP contribution in [0.25, 0.3) is 0 Å². The standard InChI is InChI=1S/C21H25N3O3/c1-21(2)18(14-8-11-17(22)23-12-14)15-9-10-16(24(15)20(26)27-21)19(25)13-6-4-3-5-7-13/h3-8,11-12,15-16,18-19,25H,9-10H2,1-2H3,(H2,22,23)/t15-,16+,18?,19+/m0/s1. The number of benzene rings is 1. The number of hydrogen-bond donors (Lipinski definition) is 2. The lowest BCUT2D eigenvalue weighted by Gasteiger charge is -2.48. The molecule has 0 aliphatic carbocycles. The number of hydrogen-bond acceptors (Lipinski definition) is 5. The molecule has 3 N–H and O–H groups in total. The first kappa shape index (κ1) is 17.8. The molecule has 4 rings (SSSR count). The SMILES string of the molecule is CC1(C)OC(=O)N2[C@@H]([C@H](O)c3ccccc3)CC[C@H]2C1c1ccc(N)nc1. The first-order chi connectivity index (χ1) is 12.9. The predicted molar refractivity (Wildman–Crippen MR) is 102 cm³/mol. The fourth-order valence-electron chi connectivity index (χ4n) is 4.67. The number of nitrogens with two attached hydrogens (primary N) is 1. The number of amides is 1. The Morgan fingerprint density at radius 1 is 1.22 bits per heavy atom. The van der Waals surface area contributed by atoms with E-state index in [0.29, 0.717) is 5.82 Å². The van der Waals surface area contributed by atoms with Gasteiger partial charge < -0.3 is 15.6 Å². The Kier molecular flexibility index (Phi) is 4.30. The van der Waals surface area contributed by atoms with Gasteiger partial charge in [-0.15, -0.1) is 0 Å². The van der Waals surface area contributed by atoms with Crippen molar-refractivity contribution in [1.29, 1.82) is 0 Å². The Morgan fingerprint density at radius 3 is 2.63 bits per heavy atom. The van der Waals surface area contributed by atoms with Gasteiger partial charge in [0.25, 0.3) is 0 Å². The number of nitrogens with zero attached hydrogens (tertiary/aromatic N) is 2. The predicted octanol–water partition coefficient (Wildman–Crippen LogP) is 3.24. The van der Waals surface area contributed by atoms with E-state index in [1.54, 1.807) is 17.2 Å². The van der Waals surface area contributed by atoms with Gasteiger partial charge in [0.2, 0.25) is 0 Å². The molecule has 4 atom stereocenters. The van der Waals surface area contributed by atoms with Crippen molar-refractivity contribution >= 4 is 11.9 Å². The molecule has 1 amide bonds. The molecule has 1 unspecified atom stereocenters. The summed E-state index contributed by atoms with van der Waals surface area (Å²) in [5.74, 6) is 0.418. The minimum atomic E-state index is -0.741. The fourth-order valence-corrected chi connectivity index (χ4v) is 4.67. The van der Waals surface area contributed by atoms with Crippen LogP contribution in [0, 0.1) is 0 Å². The van der Waals surface area contributed by atoms with E-state index in [1.165, 1.54) is 0 Å². The lowest BCUT2D eigenvalue weighted by atomic mass is 9.77. The van der Waals surface area contributed by atoms with Crippen LogP contribution in [-0.2, 0) is 4.74 Å². The molecular weight excluding hydrogens is 342 g/mol. The first-order valence-electron chi connectivity index (χ1n) is 9.34. The third kappa shape index (κ3) is 3.04. The zero-order chi connectivity index (χ0) is 19.2. The Labute approximate surface area is 159 Å². The molecule has 1 aromatic heterocycles. The van der Waals surface area contributed by atoms with Gasteiger partial charge in [-0.3, -0.25) is 4.90 Å². The van der Waals surface area contributed by atoms with E-state index in [-0.39, 0.29) is 24.1 Å². The second-order valence-electron chi connectivity index (χ2n) is 7.94. The van der Waals surface area contributed by atoms with Crippen molar-refractivity contribution in [2.45, 2.75) is 56.4 Å². The quantitative estimate of drug-likeness (QED) is 0.869. The summed E-state index contributed by atoms with van der Waals surface area (Å²) >= 11 is 0. The van der Waals surface area contributed by atoms with Crippen LogP contribution in [0.2, 0.25) is 0 Å². The average Bonchev–Trinajstić information content (AvgIpc) is 3.07. The maximum Gasteiger partial charge on any atom is 0.410 e. The number of aliphatic hydroxyl groups excluding tert-OH is 1. The number of aliphatic hydroxyl groups is 1. The first-order valence-corrected chi connectivity index (χ1v) is 9.34. The maximum absolute atomic E-state index is 12.8. The minimum Gasteiger partial charge on any atom is -0.443 e. The Balaban J connectivity index is 1.68. The van der Waals surface area contributed by atoms with E-state index in [9.17, 15) is 9.90 Å². The summed E-state index contributed by atoms with van der Waals surface area (Å²) in [7, 11) is 0. The molecule has 27 heavy (non-hydrogen) atoms. The molecule has 142 valence electrons. The third-order valence-corrected chi connectivity index (χ3v) is 5.84. The summed E-state index contributed by atoms with van der Waals surface area (Å²) in [5, 5.41) is 10.9. The lowest BCUT2D eigenvalue weighted by molar-refractivity contribution is -0.0751. The molecule has 3 heterocycles. The smallest absolute Gasteiger partial charge is 0.410 e. The van der Waals surface area contributed by atoms with Gasteiger partial charge >= 0.3 is 6.09 Å². The van der Waals surface area contributed by atoms with Crippen molar-refractivity contribution in [1.82, 2.24) is 9.88 Å². The highest BCUT2D eigenvalue weighted by molar-refractivity contribution is 5.71. The van der Waals surface area contributed by atoms with Crippen LogP contribution in [0.5, 0.6) is 0 Å². The van der Waals surface area contributed by atoms with Crippen molar-refractivity contribution in [3.63, 3.8) is 0 Å². The zero-order valence-corrected chi connectivity index (χ0v) is 15.6. The molecule has 6 nitrogen and oxygen atoms in total. The number of cyclic esters (lactones) is 1. The fraction of sp³-hybridized carbons (Fsp3) is 0.429. The number of pyridine rings is 1. The van der Waals surface area contributed by atoms with E-state index >= 15 is 0 Å². The van der Waals surface area contributed by atoms with Crippen LogP contribution in [0.3, 0.4) is 0 Å². The lowest BCUT2D eigenvalue weighted by Crippen LogP contribution is -2.58. The van der Waals surface area contributed by atoms with Crippen LogP contribution in [-0.4, -0.2) is 38.8 Å². The molecule has 2 aliphatic rings. The topological polar surface area (TPSA) is 88.7 Å². The Morgan fingerprint density at radius 2 is 1.96 bits per heavy atom. The number of nitrogen functional groups attached to an aromatic ring is 1. The highest BCUT2D eigenvalue weighted by Gasteiger charge is 2.55. The van der Waals surface area contributed by atoms with Gasteiger partial charge in [0, 0.05) is 18.2 Å². The average molecular weight is 367 g/mol. The maximum atomic E-state index is 12.8. The van der Waals surface area contributed by atoms with Crippen LogP contribution < -0.4 is 5.73 Å². The van der Waals surface area contributed by atoms with Crippen molar-refractivity contribution in [3.8, 4) is 0 Å². The number of anilines is 1. The van der Waals surface area contributed by atoms with Gasteiger partial charge in [-0.2, -0.15) is 0 Å². The van der Waals surface area contributed by atoms with Crippen molar-refractivity contribution < 1.29 is 14.6 Å². The van der Waals surface area contributed by atoms with Gasteiger partial charge in [-0.05, 0) is 43.9 Å². The highest BCUT2D eigenvalue weighted by atomic mass is 16.6. The Bertz CT molecular complexity index is 822. The number of rotatable bonds is 3. The molecule has 0 saturated carbocycles. The van der Waals surface area contributed by atoms with E-state index in [2.05, 4.69) is 4.98 Å². The van der Waals surface area contributed by atoms with Gasteiger partial charge in [-0.1, -0.05) is 36.4 Å². The van der Waals surface area contributed by atoms with Gasteiger partial charge in [0.05, 0.1) is 12.1 Å². The molecule has 1 aromatic carbocycles. The second kappa shape index (κ2) is 6.53. The van der Waals surface area contributed by atoms with Crippen LogP contribution in [0.1, 0.15) is 49.8 Å². The highest BCUT2D eigenvalue weighted by Crippen LogP contribution is 2.48. The molecular formula is C21H25N3O3. The van der Waals surface area contributed by atoms with E-state index in [0.717, 1.165) is 24.0 Å². The van der Waals surface area contributed by atoms with E-state index in [1.807, 2.05) is 50.2 Å². The number of aromatic nitrogens is 1. The van der Waals surface area contributed by atoms with E-state index in [4.69, 9.17) is 10.5 Å². The number of carbonyl (C=O) groups is 1. The molecule has 2 fully saturated rings. The van der Waals surface area contributed by atoms with Crippen LogP contribution in [0.15, 0.2) is 48.7 Å². The molecule has 0 spiro atoms. The number of carbonyl (C=O) groups excluding carboxylic acids is 1. The summed E-state index contributed by atoms with van der Waals surface area (Å²) in [6.07, 6.45) is 2.20. The molecule has 0 bridgehead atoms. The van der Waals surface area contributed by atoms with Gasteiger partial charge in [0.15, 0.2) is 0 Å². The minimum absolute atomic E-state index is 0.0451. The largest absolute Gasteiger partial charge is 0.443 e. The van der Waals surface area contributed by atoms with Crippen molar-refractivity contribution in [2.24, 2.45) is 0 Å². The van der Waals surface area contributed by atoms with Crippen molar-refractivity contribution in [3.05, 3.63) is 59.8 Å². The molecule has 2 aromatic rings. The van der Waals surface area contributed by atoms with Crippen molar-refractivity contribution in [2.75, 3.05) is 5.73 Å². The monoisotopic (exact) mass is 367 g/mol. The normalized spacial score (nSPS) is 27.7. The summed E-state index contributed by atoms with van der Waals surface area (Å²) in [6, 6.07) is 12.9. The third-order valence-electron chi connectivity index (χ3n) is 5.84. The van der Waals surface area contributed by atoms with E-state index < -0.39 is 11.7 Å². The Hall–Kier alpha value is -2.60. The second-order valence-corrected chi connectivity index (χ2v) is 7.94. The molecule has 0 radical (unpaired) electrons. The summed E-state index contributed by atoms with van der Waals surface area (Å²) in [4.78, 5) is 18.8. The molecule has 6 heteroatoms. The summed E-state index contributed by atoms with van der Waals surface area (Å²) < 4.78 is 5.82. The zero-order valence-electron chi connectivity index (χ0n) is 15.6. The van der Waals surface area contributed by atoms with Gasteiger partial charge in [-0.25, -0.2) is 9.78 Å². The number of fused-ring (bicyclic) bond motifs is 1. The molecule has 2 aliphatic heterocycles. The summed E-state index contributed by atoms with van der Waals surface area (Å²) in [5.41, 5.74) is 6.88. The van der Waals surface area contributed by atoms with Crippen LogP contribution >= 0.6 is 0 Å².